The molecular weight excluding hydrogens is 450 g/mol. The van der Waals surface area contributed by atoms with Crippen molar-refractivity contribution in [3.05, 3.63) is 57.1 Å². The number of nitrogens with two attached hydrogens (primary N) is 1. The van der Waals surface area contributed by atoms with E-state index in [2.05, 4.69) is 17.1 Å². The number of benzene rings is 1. The zero-order valence-electron chi connectivity index (χ0n) is 16.5. The molecule has 1 fully saturated rings. The maximum Gasteiger partial charge on any atom is 0.143 e. The van der Waals surface area contributed by atoms with Gasteiger partial charge in [0.25, 0.3) is 0 Å². The third kappa shape index (κ3) is 4.68. The van der Waals surface area contributed by atoms with Crippen LogP contribution in [0.2, 0.25) is 5.02 Å². The SMILES string of the molecule is N#Cc1c(N)nc(SCc2csc(-c3ccc(Cl)cc3)n2)c(C#N)c1C1CCOCC1. The summed E-state index contributed by atoms with van der Waals surface area (Å²) in [6.45, 7) is 1.22. The summed E-state index contributed by atoms with van der Waals surface area (Å²) in [5.74, 6) is 0.786. The van der Waals surface area contributed by atoms with Crippen LogP contribution in [0.25, 0.3) is 10.6 Å². The van der Waals surface area contributed by atoms with E-state index >= 15 is 0 Å². The maximum atomic E-state index is 9.90. The van der Waals surface area contributed by atoms with Crippen molar-refractivity contribution in [2.45, 2.75) is 29.5 Å². The second-order valence-electron chi connectivity index (χ2n) is 7.02. The number of hydrogen-bond acceptors (Lipinski definition) is 8. The molecule has 0 atom stereocenters. The number of ether oxygens (including phenoxy) is 1. The molecule has 1 aliphatic rings. The number of anilines is 1. The summed E-state index contributed by atoms with van der Waals surface area (Å²) in [4.78, 5) is 9.08. The van der Waals surface area contributed by atoms with Crippen LogP contribution in [-0.2, 0) is 10.5 Å². The first-order valence-corrected chi connectivity index (χ1v) is 11.9. The van der Waals surface area contributed by atoms with E-state index in [1.54, 1.807) is 11.3 Å². The van der Waals surface area contributed by atoms with Gasteiger partial charge in [0.2, 0.25) is 0 Å². The molecule has 0 spiro atoms. The van der Waals surface area contributed by atoms with Crippen LogP contribution in [0.4, 0.5) is 5.82 Å². The van der Waals surface area contributed by atoms with Gasteiger partial charge in [0, 0.05) is 34.9 Å². The molecule has 3 heterocycles. The Labute approximate surface area is 193 Å². The number of nitriles is 2. The van der Waals surface area contributed by atoms with E-state index in [0.29, 0.717) is 45.7 Å². The molecule has 2 aromatic heterocycles. The third-order valence-electron chi connectivity index (χ3n) is 5.08. The molecule has 3 aromatic rings. The van der Waals surface area contributed by atoms with Crippen LogP contribution in [0.3, 0.4) is 0 Å². The Morgan fingerprint density at radius 3 is 2.52 bits per heavy atom. The van der Waals surface area contributed by atoms with Crippen molar-refractivity contribution in [1.82, 2.24) is 9.97 Å². The van der Waals surface area contributed by atoms with Crippen molar-refractivity contribution in [2.75, 3.05) is 18.9 Å². The van der Waals surface area contributed by atoms with Gasteiger partial charge in [-0.25, -0.2) is 9.97 Å². The molecular formula is C22H18ClN5OS2. The van der Waals surface area contributed by atoms with E-state index in [-0.39, 0.29) is 11.7 Å². The fraction of sp³-hybridized carbons (Fsp3) is 0.273. The molecule has 6 nitrogen and oxygen atoms in total. The van der Waals surface area contributed by atoms with E-state index in [9.17, 15) is 10.5 Å². The molecule has 2 N–H and O–H groups in total. The Balaban J connectivity index is 1.60. The lowest BCUT2D eigenvalue weighted by molar-refractivity contribution is 0.0852. The second kappa shape index (κ2) is 9.67. The first kappa shape index (κ1) is 21.6. The number of pyridine rings is 1. The van der Waals surface area contributed by atoms with Gasteiger partial charge in [0.05, 0.1) is 16.8 Å². The lowest BCUT2D eigenvalue weighted by atomic mass is 9.86. The molecule has 1 aromatic carbocycles. The highest BCUT2D eigenvalue weighted by Crippen LogP contribution is 2.38. The van der Waals surface area contributed by atoms with Gasteiger partial charge in [-0.15, -0.1) is 11.3 Å². The molecule has 0 unspecified atom stereocenters. The van der Waals surface area contributed by atoms with Crippen LogP contribution >= 0.6 is 34.7 Å². The standard InChI is InChI=1S/C22H18ClN5OS2/c23-15-3-1-14(2-4-15)21-27-16(11-30-21)12-31-22-18(10-25)19(13-5-7-29-8-6-13)17(9-24)20(26)28-22/h1-4,11,13H,5-8,12H2,(H2,26,28). The molecule has 156 valence electrons. The van der Waals surface area contributed by atoms with Gasteiger partial charge in [-0.3, -0.25) is 0 Å². The Morgan fingerprint density at radius 1 is 1.13 bits per heavy atom. The van der Waals surface area contributed by atoms with Crippen molar-refractivity contribution >= 4 is 40.5 Å². The lowest BCUT2D eigenvalue weighted by Gasteiger charge is -2.25. The van der Waals surface area contributed by atoms with Crippen LogP contribution in [0.15, 0.2) is 34.7 Å². The van der Waals surface area contributed by atoms with E-state index in [1.807, 2.05) is 29.6 Å². The number of halogens is 1. The van der Waals surface area contributed by atoms with Gasteiger partial charge >= 0.3 is 0 Å². The largest absolute Gasteiger partial charge is 0.383 e. The average Bonchev–Trinajstić information content (AvgIpc) is 3.27. The Hall–Kier alpha value is -2.62. The minimum atomic E-state index is 0.0680. The monoisotopic (exact) mass is 467 g/mol. The first-order chi connectivity index (χ1) is 15.1. The number of nitrogen functional groups attached to an aromatic ring is 1. The van der Waals surface area contributed by atoms with Gasteiger partial charge in [0.1, 0.15) is 28.0 Å². The fourth-order valence-electron chi connectivity index (χ4n) is 3.56. The number of hydrogen-bond donors (Lipinski definition) is 1. The topological polar surface area (TPSA) is 109 Å². The minimum absolute atomic E-state index is 0.0680. The van der Waals surface area contributed by atoms with Crippen LogP contribution in [0.5, 0.6) is 0 Å². The molecule has 31 heavy (non-hydrogen) atoms. The molecule has 4 rings (SSSR count). The highest BCUT2D eigenvalue weighted by atomic mass is 35.5. The molecule has 0 amide bonds. The Kier molecular flexibility index (Phi) is 6.74. The summed E-state index contributed by atoms with van der Waals surface area (Å²) in [7, 11) is 0. The zero-order valence-corrected chi connectivity index (χ0v) is 18.9. The Morgan fingerprint density at radius 2 is 1.84 bits per heavy atom. The van der Waals surface area contributed by atoms with Crippen LogP contribution in [0.1, 0.15) is 41.1 Å². The van der Waals surface area contributed by atoms with E-state index < -0.39 is 0 Å². The van der Waals surface area contributed by atoms with Crippen molar-refractivity contribution < 1.29 is 4.74 Å². The van der Waals surface area contributed by atoms with Crippen molar-refractivity contribution in [1.29, 1.82) is 10.5 Å². The predicted octanol–water partition coefficient (Wildman–Crippen LogP) is 5.37. The van der Waals surface area contributed by atoms with Gasteiger partial charge < -0.3 is 10.5 Å². The summed E-state index contributed by atoms with van der Waals surface area (Å²) in [6.07, 6.45) is 1.51. The fourth-order valence-corrected chi connectivity index (χ4v) is 5.52. The van der Waals surface area contributed by atoms with Crippen LogP contribution in [0, 0.1) is 22.7 Å². The van der Waals surface area contributed by atoms with Crippen molar-refractivity contribution in [2.24, 2.45) is 0 Å². The van der Waals surface area contributed by atoms with Gasteiger partial charge in [0.15, 0.2) is 0 Å². The van der Waals surface area contributed by atoms with Gasteiger partial charge in [-0.1, -0.05) is 35.5 Å². The highest BCUT2D eigenvalue weighted by Gasteiger charge is 2.27. The quantitative estimate of drug-likeness (QED) is 0.502. The van der Waals surface area contributed by atoms with Crippen LogP contribution in [-0.4, -0.2) is 23.2 Å². The van der Waals surface area contributed by atoms with E-state index in [0.717, 1.165) is 29.1 Å². The zero-order chi connectivity index (χ0) is 21.8. The van der Waals surface area contributed by atoms with Gasteiger partial charge in [-0.05, 0) is 36.5 Å². The number of aromatic nitrogens is 2. The molecule has 0 bridgehead atoms. The average molecular weight is 468 g/mol. The molecule has 9 heteroatoms. The minimum Gasteiger partial charge on any atom is -0.383 e. The van der Waals surface area contributed by atoms with Crippen LogP contribution < -0.4 is 5.73 Å². The normalized spacial score (nSPS) is 14.2. The summed E-state index contributed by atoms with van der Waals surface area (Å²) < 4.78 is 5.45. The maximum absolute atomic E-state index is 9.90. The highest BCUT2D eigenvalue weighted by molar-refractivity contribution is 7.98. The molecule has 1 aliphatic heterocycles. The lowest BCUT2D eigenvalue weighted by Crippen LogP contribution is -2.18. The molecule has 0 radical (unpaired) electrons. The second-order valence-corrected chi connectivity index (χ2v) is 9.27. The molecule has 1 saturated heterocycles. The number of rotatable bonds is 5. The van der Waals surface area contributed by atoms with Crippen molar-refractivity contribution in [3.63, 3.8) is 0 Å². The molecule has 0 saturated carbocycles. The predicted molar refractivity (Wildman–Crippen MR) is 123 cm³/mol. The Bertz CT molecular complexity index is 1170. The summed E-state index contributed by atoms with van der Waals surface area (Å²) in [6, 6.07) is 12.0. The first-order valence-electron chi connectivity index (χ1n) is 9.65. The summed E-state index contributed by atoms with van der Waals surface area (Å²) in [5, 5.41) is 23.7. The molecule has 0 aliphatic carbocycles. The van der Waals surface area contributed by atoms with E-state index in [4.69, 9.17) is 27.1 Å². The smallest absolute Gasteiger partial charge is 0.143 e. The number of thiazole rings is 1. The van der Waals surface area contributed by atoms with E-state index in [1.165, 1.54) is 11.8 Å². The summed E-state index contributed by atoms with van der Waals surface area (Å²) in [5.41, 5.74) is 9.47. The third-order valence-corrected chi connectivity index (χ3v) is 7.28. The van der Waals surface area contributed by atoms with Crippen molar-refractivity contribution in [3.8, 4) is 22.7 Å². The number of thioether (sulfide) groups is 1. The number of nitrogens with zero attached hydrogens (tertiary/aromatic N) is 4. The summed E-state index contributed by atoms with van der Waals surface area (Å²) >= 11 is 8.93. The van der Waals surface area contributed by atoms with Gasteiger partial charge in [-0.2, -0.15) is 10.5 Å².